The molecule has 1 aliphatic carbocycles. The Bertz CT molecular complexity index is 320. The van der Waals surface area contributed by atoms with E-state index in [-0.39, 0.29) is 0 Å². The Morgan fingerprint density at radius 1 is 1.38 bits per heavy atom. The van der Waals surface area contributed by atoms with Crippen molar-refractivity contribution in [1.29, 1.82) is 0 Å². The maximum Gasteiger partial charge on any atom is 0.0347 e. The molecule has 0 aromatic heterocycles. The normalized spacial score (nSPS) is 20.8. The summed E-state index contributed by atoms with van der Waals surface area (Å²) < 4.78 is 1.20. The molecular formula is C11H14BrN. The monoisotopic (exact) mass is 239 g/mol. The second kappa shape index (κ2) is 3.43. The van der Waals surface area contributed by atoms with Crippen LogP contribution in [0, 0.1) is 0 Å². The van der Waals surface area contributed by atoms with E-state index >= 15 is 0 Å². The van der Waals surface area contributed by atoms with Crippen LogP contribution in [0.5, 0.6) is 0 Å². The van der Waals surface area contributed by atoms with Crippen LogP contribution in [0.3, 0.4) is 0 Å². The van der Waals surface area contributed by atoms with E-state index in [0.717, 1.165) is 0 Å². The Morgan fingerprint density at radius 2 is 2.15 bits per heavy atom. The molecule has 13 heavy (non-hydrogen) atoms. The molecule has 0 spiro atoms. The molecule has 0 fully saturated rings. The number of aryl methyl sites for hydroxylation is 1. The average Bonchev–Trinajstić information content (AvgIpc) is 2.46. The van der Waals surface area contributed by atoms with Crippen LogP contribution in [0.4, 0.5) is 0 Å². The van der Waals surface area contributed by atoms with Crippen LogP contribution >= 0.6 is 15.9 Å². The van der Waals surface area contributed by atoms with Crippen molar-refractivity contribution in [2.45, 2.75) is 18.9 Å². The standard InChI is InChI=1S/C11H14BrN/c1-13(2)11-6-3-8-7-9(12)4-5-10(8)11/h4-5,7,11H,3,6H2,1-2H3. The molecule has 2 rings (SSSR count). The van der Waals surface area contributed by atoms with Crippen LogP contribution in [0.15, 0.2) is 22.7 Å². The van der Waals surface area contributed by atoms with Crippen LogP contribution in [0.2, 0.25) is 0 Å². The van der Waals surface area contributed by atoms with E-state index in [1.807, 2.05) is 0 Å². The minimum Gasteiger partial charge on any atom is -0.302 e. The fourth-order valence-electron chi connectivity index (χ4n) is 2.10. The summed E-state index contributed by atoms with van der Waals surface area (Å²) in [6.45, 7) is 0. The molecule has 0 saturated heterocycles. The third kappa shape index (κ3) is 1.65. The van der Waals surface area contributed by atoms with Crippen molar-refractivity contribution < 1.29 is 0 Å². The zero-order chi connectivity index (χ0) is 9.42. The Balaban J connectivity index is 2.38. The molecule has 1 aliphatic rings. The van der Waals surface area contributed by atoms with E-state index in [0.29, 0.717) is 6.04 Å². The van der Waals surface area contributed by atoms with Gasteiger partial charge >= 0.3 is 0 Å². The lowest BCUT2D eigenvalue weighted by Crippen LogP contribution is -2.17. The van der Waals surface area contributed by atoms with Crippen molar-refractivity contribution in [3.8, 4) is 0 Å². The molecule has 0 aliphatic heterocycles. The second-order valence-electron chi connectivity index (χ2n) is 3.86. The third-order valence-electron chi connectivity index (χ3n) is 2.77. The van der Waals surface area contributed by atoms with Gasteiger partial charge in [0.25, 0.3) is 0 Å². The number of hydrogen-bond acceptors (Lipinski definition) is 1. The summed E-state index contributed by atoms with van der Waals surface area (Å²) in [6.07, 6.45) is 2.48. The predicted molar refractivity (Wildman–Crippen MR) is 58.9 cm³/mol. The smallest absolute Gasteiger partial charge is 0.0347 e. The van der Waals surface area contributed by atoms with Gasteiger partial charge in [-0.2, -0.15) is 0 Å². The van der Waals surface area contributed by atoms with E-state index < -0.39 is 0 Å². The molecule has 0 saturated carbocycles. The number of halogens is 1. The molecule has 0 radical (unpaired) electrons. The molecule has 0 N–H and O–H groups in total. The molecule has 70 valence electrons. The highest BCUT2D eigenvalue weighted by molar-refractivity contribution is 9.10. The van der Waals surface area contributed by atoms with E-state index in [9.17, 15) is 0 Å². The summed E-state index contributed by atoms with van der Waals surface area (Å²) in [5.41, 5.74) is 3.02. The van der Waals surface area contributed by atoms with Crippen LogP contribution < -0.4 is 0 Å². The first-order valence-corrected chi connectivity index (χ1v) is 5.42. The summed E-state index contributed by atoms with van der Waals surface area (Å²) >= 11 is 3.51. The van der Waals surface area contributed by atoms with Crippen LogP contribution in [-0.4, -0.2) is 19.0 Å². The molecule has 1 atom stereocenters. The Kier molecular flexibility index (Phi) is 2.43. The quantitative estimate of drug-likeness (QED) is 0.729. The number of rotatable bonds is 1. The first-order valence-electron chi connectivity index (χ1n) is 4.63. The van der Waals surface area contributed by atoms with Gasteiger partial charge in [0.2, 0.25) is 0 Å². The Labute approximate surface area is 87.9 Å². The van der Waals surface area contributed by atoms with Crippen molar-refractivity contribution >= 4 is 15.9 Å². The van der Waals surface area contributed by atoms with Gasteiger partial charge in [-0.25, -0.2) is 0 Å². The van der Waals surface area contributed by atoms with Gasteiger partial charge < -0.3 is 4.90 Å². The number of nitrogens with zero attached hydrogens (tertiary/aromatic N) is 1. The lowest BCUT2D eigenvalue weighted by atomic mass is 10.1. The topological polar surface area (TPSA) is 3.24 Å². The van der Waals surface area contributed by atoms with Gasteiger partial charge in [-0.05, 0) is 50.2 Å². The highest BCUT2D eigenvalue weighted by Crippen LogP contribution is 2.35. The van der Waals surface area contributed by atoms with E-state index in [4.69, 9.17) is 0 Å². The van der Waals surface area contributed by atoms with Gasteiger partial charge in [0.05, 0.1) is 0 Å². The molecule has 0 heterocycles. The van der Waals surface area contributed by atoms with E-state index in [2.05, 4.69) is 53.1 Å². The number of fused-ring (bicyclic) bond motifs is 1. The van der Waals surface area contributed by atoms with Crippen LogP contribution in [0.25, 0.3) is 0 Å². The molecular weight excluding hydrogens is 226 g/mol. The van der Waals surface area contributed by atoms with Crippen molar-refractivity contribution in [3.63, 3.8) is 0 Å². The minimum atomic E-state index is 0.628. The van der Waals surface area contributed by atoms with Gasteiger partial charge in [-0.3, -0.25) is 0 Å². The zero-order valence-corrected chi connectivity index (χ0v) is 9.63. The molecule has 1 nitrogen and oxygen atoms in total. The van der Waals surface area contributed by atoms with Crippen LogP contribution in [-0.2, 0) is 6.42 Å². The molecule has 1 aromatic carbocycles. The van der Waals surface area contributed by atoms with Crippen molar-refractivity contribution in [1.82, 2.24) is 4.90 Å². The lowest BCUT2D eigenvalue weighted by molar-refractivity contribution is 0.299. The summed E-state index contributed by atoms with van der Waals surface area (Å²) in [5.74, 6) is 0. The van der Waals surface area contributed by atoms with Crippen molar-refractivity contribution in [3.05, 3.63) is 33.8 Å². The molecule has 1 unspecified atom stereocenters. The van der Waals surface area contributed by atoms with Gasteiger partial charge in [-0.15, -0.1) is 0 Å². The summed E-state index contributed by atoms with van der Waals surface area (Å²) in [7, 11) is 4.31. The minimum absolute atomic E-state index is 0.628. The third-order valence-corrected chi connectivity index (χ3v) is 3.27. The average molecular weight is 240 g/mol. The summed E-state index contributed by atoms with van der Waals surface area (Å²) in [5, 5.41) is 0. The molecule has 0 bridgehead atoms. The zero-order valence-electron chi connectivity index (χ0n) is 8.05. The van der Waals surface area contributed by atoms with Gasteiger partial charge in [0, 0.05) is 10.5 Å². The maximum absolute atomic E-state index is 3.51. The van der Waals surface area contributed by atoms with E-state index in [1.165, 1.54) is 28.4 Å². The van der Waals surface area contributed by atoms with E-state index in [1.54, 1.807) is 0 Å². The predicted octanol–water partition coefficient (Wildman–Crippen LogP) is 3.00. The second-order valence-corrected chi connectivity index (χ2v) is 4.78. The van der Waals surface area contributed by atoms with Crippen molar-refractivity contribution in [2.75, 3.05) is 14.1 Å². The molecule has 2 heteroatoms. The molecule has 1 aromatic rings. The van der Waals surface area contributed by atoms with Crippen molar-refractivity contribution in [2.24, 2.45) is 0 Å². The lowest BCUT2D eigenvalue weighted by Gasteiger charge is -2.19. The first kappa shape index (κ1) is 9.22. The Morgan fingerprint density at radius 3 is 2.85 bits per heavy atom. The first-order chi connectivity index (χ1) is 6.18. The largest absolute Gasteiger partial charge is 0.302 e. The summed E-state index contributed by atoms with van der Waals surface area (Å²) in [6, 6.07) is 7.26. The summed E-state index contributed by atoms with van der Waals surface area (Å²) in [4.78, 5) is 2.31. The van der Waals surface area contributed by atoms with Gasteiger partial charge in [0.15, 0.2) is 0 Å². The fraction of sp³-hybridized carbons (Fsp3) is 0.455. The van der Waals surface area contributed by atoms with Gasteiger partial charge in [-0.1, -0.05) is 22.0 Å². The highest BCUT2D eigenvalue weighted by Gasteiger charge is 2.23. The number of benzene rings is 1. The SMILES string of the molecule is CN(C)C1CCc2cc(Br)ccc21. The highest BCUT2D eigenvalue weighted by atomic mass is 79.9. The fourth-order valence-corrected chi connectivity index (χ4v) is 2.51. The van der Waals surface area contributed by atoms with Crippen LogP contribution in [0.1, 0.15) is 23.6 Å². The Hall–Kier alpha value is -0.340. The molecule has 0 amide bonds. The number of hydrogen-bond donors (Lipinski definition) is 0. The maximum atomic E-state index is 3.51. The van der Waals surface area contributed by atoms with Gasteiger partial charge in [0.1, 0.15) is 0 Å².